The molecule has 0 radical (unpaired) electrons. The molecule has 1 aliphatic heterocycles. The molecule has 5 heteroatoms. The minimum Gasteiger partial charge on any atom is -0.479 e. The Labute approximate surface area is 123 Å². The van der Waals surface area contributed by atoms with Gasteiger partial charge in [0, 0.05) is 18.7 Å². The number of carbonyl (C=O) groups is 1. The molecule has 0 spiro atoms. The summed E-state index contributed by atoms with van der Waals surface area (Å²) < 4.78 is 18.6. The predicted octanol–water partition coefficient (Wildman–Crippen LogP) is 2.01. The van der Waals surface area contributed by atoms with Gasteiger partial charge in [0.05, 0.1) is 5.69 Å². The third kappa shape index (κ3) is 2.94. The molecule has 0 unspecified atom stereocenters. The predicted molar refractivity (Wildman–Crippen MR) is 77.5 cm³/mol. The Bertz CT molecular complexity index is 592. The van der Waals surface area contributed by atoms with E-state index >= 15 is 0 Å². The summed E-state index contributed by atoms with van der Waals surface area (Å²) in [4.78, 5) is 14.2. The summed E-state index contributed by atoms with van der Waals surface area (Å²) in [6, 6.07) is 4.34. The number of nitrogens with one attached hydrogen (secondary N) is 1. The summed E-state index contributed by atoms with van der Waals surface area (Å²) in [7, 11) is 0. The minimum atomic E-state index is -0.398. The van der Waals surface area contributed by atoms with Crippen molar-refractivity contribution in [3.63, 3.8) is 0 Å². The third-order valence-electron chi connectivity index (χ3n) is 3.81. The first-order valence-electron chi connectivity index (χ1n) is 7.12. The van der Waals surface area contributed by atoms with Crippen LogP contribution in [0.25, 0.3) is 0 Å². The molecule has 2 fully saturated rings. The van der Waals surface area contributed by atoms with Gasteiger partial charge in [-0.25, -0.2) is 4.39 Å². The monoisotopic (exact) mass is 288 g/mol. The maximum absolute atomic E-state index is 13.3. The molecule has 110 valence electrons. The highest BCUT2D eigenvalue weighted by Crippen LogP contribution is 2.33. The quantitative estimate of drug-likeness (QED) is 0.843. The van der Waals surface area contributed by atoms with Crippen LogP contribution < -0.4 is 10.1 Å². The van der Waals surface area contributed by atoms with Crippen LogP contribution in [0.4, 0.5) is 10.1 Å². The van der Waals surface area contributed by atoms with Crippen LogP contribution in [0.5, 0.6) is 5.75 Å². The normalized spacial score (nSPS) is 21.2. The second-order valence-corrected chi connectivity index (χ2v) is 5.38. The highest BCUT2D eigenvalue weighted by atomic mass is 19.1. The number of hydrogen-bond acceptors (Lipinski definition) is 3. The largest absolute Gasteiger partial charge is 0.479 e. The van der Waals surface area contributed by atoms with E-state index in [1.54, 1.807) is 6.07 Å². The second-order valence-electron chi connectivity index (χ2n) is 5.38. The first-order chi connectivity index (χ1) is 10.2. The van der Waals surface area contributed by atoms with Crippen LogP contribution in [-0.4, -0.2) is 36.0 Å². The average molecular weight is 288 g/mol. The van der Waals surface area contributed by atoms with Gasteiger partial charge in [-0.1, -0.05) is 5.92 Å². The number of likely N-dealkylation sites (tertiary alicyclic amines) is 1. The summed E-state index contributed by atoms with van der Waals surface area (Å²) in [5.41, 5.74) is 0.600. The fourth-order valence-corrected chi connectivity index (χ4v) is 2.63. The molecule has 1 aliphatic carbocycles. The van der Waals surface area contributed by atoms with Gasteiger partial charge < -0.3 is 15.0 Å². The van der Waals surface area contributed by atoms with E-state index in [0.29, 0.717) is 17.5 Å². The van der Waals surface area contributed by atoms with Crippen LogP contribution in [0.2, 0.25) is 0 Å². The number of terminal acetylenes is 1. The molecule has 1 aromatic carbocycles. The van der Waals surface area contributed by atoms with Crippen LogP contribution in [0.1, 0.15) is 19.3 Å². The van der Waals surface area contributed by atoms with Crippen LogP contribution in [0.3, 0.4) is 0 Å². The highest BCUT2D eigenvalue weighted by Gasteiger charge is 2.40. The molecule has 0 bridgehead atoms. The van der Waals surface area contributed by atoms with Crippen LogP contribution in [-0.2, 0) is 4.79 Å². The van der Waals surface area contributed by atoms with E-state index in [2.05, 4.69) is 11.2 Å². The fraction of sp³-hybridized carbons (Fsp3) is 0.438. The van der Waals surface area contributed by atoms with Crippen molar-refractivity contribution < 1.29 is 13.9 Å². The molecule has 4 nitrogen and oxygen atoms in total. The van der Waals surface area contributed by atoms with E-state index in [1.807, 2.05) is 4.90 Å². The van der Waals surface area contributed by atoms with E-state index in [-0.39, 0.29) is 18.6 Å². The molecule has 2 aliphatic rings. The van der Waals surface area contributed by atoms with Gasteiger partial charge in [0.15, 0.2) is 0 Å². The van der Waals surface area contributed by atoms with Gasteiger partial charge in [-0.05, 0) is 31.4 Å². The SMILES string of the molecule is C#CCOc1cc(F)ccc1N[C@H]1CCN(C2CC2)C1=O. The van der Waals surface area contributed by atoms with Crippen molar-refractivity contribution in [1.82, 2.24) is 4.90 Å². The zero-order valence-electron chi connectivity index (χ0n) is 11.6. The van der Waals surface area contributed by atoms with E-state index < -0.39 is 5.82 Å². The van der Waals surface area contributed by atoms with Crippen molar-refractivity contribution in [2.75, 3.05) is 18.5 Å². The van der Waals surface area contributed by atoms with Crippen molar-refractivity contribution in [3.05, 3.63) is 24.0 Å². The highest BCUT2D eigenvalue weighted by molar-refractivity contribution is 5.87. The maximum atomic E-state index is 13.3. The number of rotatable bonds is 5. The molecule has 1 saturated heterocycles. The summed E-state index contributed by atoms with van der Waals surface area (Å²) in [5.74, 6) is 2.40. The zero-order chi connectivity index (χ0) is 14.8. The average Bonchev–Trinajstić information content (AvgIpc) is 3.25. The second kappa shape index (κ2) is 5.65. The Morgan fingerprint density at radius 3 is 2.95 bits per heavy atom. The summed E-state index contributed by atoms with van der Waals surface area (Å²) in [5, 5.41) is 3.16. The number of benzene rings is 1. The Balaban J connectivity index is 1.72. The van der Waals surface area contributed by atoms with Gasteiger partial charge in [-0.3, -0.25) is 4.79 Å². The van der Waals surface area contributed by atoms with Crippen molar-refractivity contribution in [2.24, 2.45) is 0 Å². The number of amides is 1. The number of carbonyl (C=O) groups excluding carboxylic acids is 1. The molecule has 21 heavy (non-hydrogen) atoms. The van der Waals surface area contributed by atoms with E-state index in [0.717, 1.165) is 25.8 Å². The minimum absolute atomic E-state index is 0.0605. The smallest absolute Gasteiger partial charge is 0.245 e. The number of halogens is 1. The van der Waals surface area contributed by atoms with Crippen LogP contribution in [0.15, 0.2) is 18.2 Å². The molecule has 1 aromatic rings. The van der Waals surface area contributed by atoms with Crippen molar-refractivity contribution in [3.8, 4) is 18.1 Å². The topological polar surface area (TPSA) is 41.6 Å². The Morgan fingerprint density at radius 2 is 2.24 bits per heavy atom. The van der Waals surface area contributed by atoms with Gasteiger partial charge in [0.25, 0.3) is 0 Å². The standard InChI is InChI=1S/C16H17FN2O2/c1-2-9-21-15-10-11(17)3-6-13(15)18-14-7-8-19(16(14)20)12-4-5-12/h1,3,6,10,12,14,18H,4-5,7-9H2/t14-/m0/s1. The van der Waals surface area contributed by atoms with E-state index in [1.165, 1.54) is 12.1 Å². The lowest BCUT2D eigenvalue weighted by Gasteiger charge is -2.18. The summed E-state index contributed by atoms with van der Waals surface area (Å²) >= 11 is 0. The lowest BCUT2D eigenvalue weighted by atomic mass is 10.2. The van der Waals surface area contributed by atoms with E-state index in [9.17, 15) is 9.18 Å². The Morgan fingerprint density at radius 1 is 1.43 bits per heavy atom. The number of nitrogens with zero attached hydrogens (tertiary/aromatic N) is 1. The first kappa shape index (κ1) is 13.7. The van der Waals surface area contributed by atoms with E-state index in [4.69, 9.17) is 11.2 Å². The van der Waals surface area contributed by atoms with Crippen molar-refractivity contribution in [1.29, 1.82) is 0 Å². The molecule has 0 aromatic heterocycles. The molecule has 1 N–H and O–H groups in total. The summed E-state index contributed by atoms with van der Waals surface area (Å²) in [6.07, 6.45) is 8.12. The molecule has 1 heterocycles. The van der Waals surface area contributed by atoms with Gasteiger partial charge >= 0.3 is 0 Å². The van der Waals surface area contributed by atoms with Crippen molar-refractivity contribution >= 4 is 11.6 Å². The molecule has 1 atom stereocenters. The van der Waals surface area contributed by atoms with Gasteiger partial charge in [-0.2, -0.15) is 0 Å². The molecular formula is C16H17FN2O2. The summed E-state index contributed by atoms with van der Waals surface area (Å²) in [6.45, 7) is 0.841. The molecule has 1 saturated carbocycles. The Kier molecular flexibility index (Phi) is 3.70. The number of hydrogen-bond donors (Lipinski definition) is 1. The molecular weight excluding hydrogens is 271 g/mol. The van der Waals surface area contributed by atoms with Gasteiger partial charge in [0.1, 0.15) is 24.2 Å². The number of anilines is 1. The fourth-order valence-electron chi connectivity index (χ4n) is 2.63. The lowest BCUT2D eigenvalue weighted by Crippen LogP contribution is -2.34. The zero-order valence-corrected chi connectivity index (χ0v) is 11.6. The third-order valence-corrected chi connectivity index (χ3v) is 3.81. The van der Waals surface area contributed by atoms with Crippen LogP contribution >= 0.6 is 0 Å². The lowest BCUT2D eigenvalue weighted by molar-refractivity contribution is -0.128. The first-order valence-corrected chi connectivity index (χ1v) is 7.12. The Hall–Kier alpha value is -2.22. The van der Waals surface area contributed by atoms with Gasteiger partial charge in [0.2, 0.25) is 5.91 Å². The van der Waals surface area contributed by atoms with Crippen molar-refractivity contribution in [2.45, 2.75) is 31.3 Å². The van der Waals surface area contributed by atoms with Gasteiger partial charge in [-0.15, -0.1) is 6.42 Å². The molecule has 1 amide bonds. The maximum Gasteiger partial charge on any atom is 0.245 e. The van der Waals surface area contributed by atoms with Crippen LogP contribution in [0, 0.1) is 18.2 Å². The molecule has 3 rings (SSSR count). The number of ether oxygens (including phenoxy) is 1.